The van der Waals surface area contributed by atoms with Crippen molar-refractivity contribution in [1.82, 2.24) is 5.01 Å². The molecule has 4 nitrogen and oxygen atoms in total. The molecule has 0 radical (unpaired) electrons. The van der Waals surface area contributed by atoms with Gasteiger partial charge >= 0.3 is 6.09 Å². The van der Waals surface area contributed by atoms with Gasteiger partial charge in [-0.1, -0.05) is 22.4 Å². The topological polar surface area (TPSA) is 52.9 Å². The third-order valence-corrected chi connectivity index (χ3v) is 4.25. The third kappa shape index (κ3) is 2.04. The fourth-order valence-electron chi connectivity index (χ4n) is 2.95. The van der Waals surface area contributed by atoms with Gasteiger partial charge in [0.2, 0.25) is 0 Å². The van der Waals surface area contributed by atoms with Gasteiger partial charge in [-0.15, -0.1) is 0 Å². The van der Waals surface area contributed by atoms with Crippen molar-refractivity contribution in [3.05, 3.63) is 34.1 Å². The second-order valence-electron chi connectivity index (χ2n) is 4.84. The molecular formula is C13H12BrFN2O2. The fraction of sp³-hybridized carbons (Fsp3) is 0.385. The molecule has 1 aromatic rings. The van der Waals surface area contributed by atoms with Crippen LogP contribution in [0.15, 0.2) is 27.8 Å². The minimum Gasteiger partial charge on any atom is -0.464 e. The number of halogens is 2. The Balaban J connectivity index is 2.06. The zero-order valence-corrected chi connectivity index (χ0v) is 11.6. The molecule has 1 N–H and O–H groups in total. The van der Waals surface area contributed by atoms with E-state index in [2.05, 4.69) is 21.0 Å². The summed E-state index contributed by atoms with van der Waals surface area (Å²) in [6, 6.07) is 4.52. The molecule has 0 saturated heterocycles. The Labute approximate surface area is 118 Å². The van der Waals surface area contributed by atoms with Crippen molar-refractivity contribution in [3.63, 3.8) is 0 Å². The molecule has 1 aliphatic carbocycles. The fourth-order valence-corrected chi connectivity index (χ4v) is 3.31. The van der Waals surface area contributed by atoms with E-state index in [1.165, 1.54) is 6.07 Å². The number of hydrazone groups is 1. The van der Waals surface area contributed by atoms with Gasteiger partial charge < -0.3 is 5.11 Å². The largest absolute Gasteiger partial charge is 0.464 e. The highest BCUT2D eigenvalue weighted by Crippen LogP contribution is 2.38. The van der Waals surface area contributed by atoms with E-state index in [0.29, 0.717) is 11.3 Å². The lowest BCUT2D eigenvalue weighted by Gasteiger charge is -2.17. The first kappa shape index (κ1) is 12.6. The van der Waals surface area contributed by atoms with Gasteiger partial charge in [-0.3, -0.25) is 0 Å². The van der Waals surface area contributed by atoms with Crippen LogP contribution < -0.4 is 0 Å². The number of rotatable bonds is 1. The molecule has 19 heavy (non-hydrogen) atoms. The van der Waals surface area contributed by atoms with Crippen LogP contribution in [0.1, 0.15) is 24.8 Å². The van der Waals surface area contributed by atoms with Gasteiger partial charge in [0, 0.05) is 16.0 Å². The van der Waals surface area contributed by atoms with Crippen molar-refractivity contribution < 1.29 is 14.3 Å². The normalized spacial score (nSPS) is 25.4. The molecule has 1 saturated carbocycles. The summed E-state index contributed by atoms with van der Waals surface area (Å²) in [5, 5.41) is 14.4. The maximum atomic E-state index is 13.9. The van der Waals surface area contributed by atoms with Gasteiger partial charge in [-0.25, -0.2) is 9.18 Å². The number of nitrogens with zero attached hydrogens (tertiary/aromatic N) is 2. The SMILES string of the molecule is O=C(O)N1N=C(c2cc(Br)ccc2F)C2CCCC21. The maximum Gasteiger partial charge on any atom is 0.428 e. The summed E-state index contributed by atoms with van der Waals surface area (Å²) in [7, 11) is 0. The molecule has 0 spiro atoms. The molecular weight excluding hydrogens is 315 g/mol. The monoisotopic (exact) mass is 326 g/mol. The molecule has 2 unspecified atom stereocenters. The second-order valence-corrected chi connectivity index (χ2v) is 5.76. The van der Waals surface area contributed by atoms with E-state index in [9.17, 15) is 9.18 Å². The van der Waals surface area contributed by atoms with Crippen molar-refractivity contribution in [2.75, 3.05) is 0 Å². The Bertz CT molecular complexity index is 576. The van der Waals surface area contributed by atoms with E-state index in [1.807, 2.05) is 0 Å². The molecule has 1 amide bonds. The van der Waals surface area contributed by atoms with Crippen molar-refractivity contribution >= 4 is 27.7 Å². The summed E-state index contributed by atoms with van der Waals surface area (Å²) >= 11 is 3.31. The maximum absolute atomic E-state index is 13.9. The van der Waals surface area contributed by atoms with Gasteiger partial charge in [0.1, 0.15) is 5.82 Å². The highest BCUT2D eigenvalue weighted by molar-refractivity contribution is 9.10. The third-order valence-electron chi connectivity index (χ3n) is 3.76. The number of hydrogen-bond donors (Lipinski definition) is 1. The van der Waals surface area contributed by atoms with Crippen LogP contribution in [0, 0.1) is 11.7 Å². The van der Waals surface area contributed by atoms with Gasteiger partial charge in [0.05, 0.1) is 11.8 Å². The number of carboxylic acid groups (broad SMARTS) is 1. The van der Waals surface area contributed by atoms with Gasteiger partial charge in [0.15, 0.2) is 0 Å². The summed E-state index contributed by atoms with van der Waals surface area (Å²) in [6.07, 6.45) is 1.54. The summed E-state index contributed by atoms with van der Waals surface area (Å²) in [6.45, 7) is 0. The molecule has 100 valence electrons. The van der Waals surface area contributed by atoms with Gasteiger partial charge in [0.25, 0.3) is 0 Å². The first-order valence-electron chi connectivity index (χ1n) is 6.14. The molecule has 0 bridgehead atoms. The molecule has 1 fully saturated rings. The molecule has 1 heterocycles. The number of carbonyl (C=O) groups is 1. The quantitative estimate of drug-likeness (QED) is 0.859. The number of fused-ring (bicyclic) bond motifs is 1. The zero-order valence-electron chi connectivity index (χ0n) is 10.0. The predicted molar refractivity (Wildman–Crippen MR) is 71.6 cm³/mol. The highest BCUT2D eigenvalue weighted by atomic mass is 79.9. The van der Waals surface area contributed by atoms with Gasteiger partial charge in [-0.05, 0) is 31.0 Å². The number of benzene rings is 1. The zero-order chi connectivity index (χ0) is 13.6. The van der Waals surface area contributed by atoms with Crippen LogP contribution in [0.2, 0.25) is 0 Å². The molecule has 1 aliphatic heterocycles. The van der Waals surface area contributed by atoms with Crippen molar-refractivity contribution in [2.45, 2.75) is 25.3 Å². The Kier molecular flexibility index (Phi) is 3.05. The summed E-state index contributed by atoms with van der Waals surface area (Å²) < 4.78 is 14.7. The standard InChI is InChI=1S/C13H12BrFN2O2/c14-7-4-5-10(15)9(6-7)12-8-2-1-3-11(8)17(16-12)13(18)19/h4-6,8,11H,1-3H2,(H,18,19). The highest BCUT2D eigenvalue weighted by Gasteiger charge is 2.44. The van der Waals surface area contributed by atoms with Crippen LogP contribution in [0.4, 0.5) is 9.18 Å². The Morgan fingerprint density at radius 1 is 1.47 bits per heavy atom. The van der Waals surface area contributed by atoms with Crippen LogP contribution >= 0.6 is 15.9 Å². The van der Waals surface area contributed by atoms with Crippen LogP contribution in [0.3, 0.4) is 0 Å². The molecule has 6 heteroatoms. The van der Waals surface area contributed by atoms with Crippen LogP contribution in [0.5, 0.6) is 0 Å². The van der Waals surface area contributed by atoms with E-state index in [-0.39, 0.29) is 17.8 Å². The number of amides is 1. The Morgan fingerprint density at radius 3 is 3.00 bits per heavy atom. The average Bonchev–Trinajstić information content (AvgIpc) is 2.93. The van der Waals surface area contributed by atoms with Crippen molar-refractivity contribution in [2.24, 2.45) is 11.0 Å². The van der Waals surface area contributed by atoms with E-state index < -0.39 is 6.09 Å². The van der Waals surface area contributed by atoms with Crippen molar-refractivity contribution in [3.8, 4) is 0 Å². The second kappa shape index (κ2) is 4.59. The number of hydrogen-bond acceptors (Lipinski definition) is 2. The average molecular weight is 327 g/mol. The van der Waals surface area contributed by atoms with Gasteiger partial charge in [-0.2, -0.15) is 10.1 Å². The van der Waals surface area contributed by atoms with Crippen LogP contribution in [0.25, 0.3) is 0 Å². The van der Waals surface area contributed by atoms with E-state index in [4.69, 9.17) is 5.11 Å². The molecule has 2 aliphatic rings. The lowest BCUT2D eigenvalue weighted by Crippen LogP contribution is -2.33. The van der Waals surface area contributed by atoms with E-state index in [0.717, 1.165) is 28.7 Å². The smallest absolute Gasteiger partial charge is 0.428 e. The molecule has 1 aromatic carbocycles. The summed E-state index contributed by atoms with van der Waals surface area (Å²) in [4.78, 5) is 11.2. The lowest BCUT2D eigenvalue weighted by atomic mass is 9.93. The molecule has 2 atom stereocenters. The Morgan fingerprint density at radius 2 is 2.26 bits per heavy atom. The van der Waals surface area contributed by atoms with Crippen LogP contribution in [-0.2, 0) is 0 Å². The lowest BCUT2D eigenvalue weighted by molar-refractivity contribution is 0.130. The minimum atomic E-state index is -1.07. The van der Waals surface area contributed by atoms with E-state index in [1.54, 1.807) is 12.1 Å². The molecule has 3 rings (SSSR count). The first-order valence-corrected chi connectivity index (χ1v) is 6.93. The summed E-state index contributed by atoms with van der Waals surface area (Å²) in [5.41, 5.74) is 0.957. The molecule has 0 aromatic heterocycles. The van der Waals surface area contributed by atoms with Crippen LogP contribution in [-0.4, -0.2) is 28.0 Å². The first-order chi connectivity index (χ1) is 9.08. The van der Waals surface area contributed by atoms with E-state index >= 15 is 0 Å². The van der Waals surface area contributed by atoms with Crippen molar-refractivity contribution in [1.29, 1.82) is 0 Å². The summed E-state index contributed by atoms with van der Waals surface area (Å²) in [5.74, 6) is -0.347. The Hall–Kier alpha value is -1.43. The predicted octanol–water partition coefficient (Wildman–Crippen LogP) is 3.45. The minimum absolute atomic E-state index is 0.0138.